The van der Waals surface area contributed by atoms with Gasteiger partial charge in [0.2, 0.25) is 10.0 Å². The molecule has 3 rings (SSSR count). The van der Waals surface area contributed by atoms with Crippen molar-refractivity contribution in [2.24, 2.45) is 0 Å². The minimum absolute atomic E-state index is 0.0709. The molecule has 0 saturated carbocycles. The Bertz CT molecular complexity index is 1200. The average Bonchev–Trinajstić information content (AvgIpc) is 2.79. The van der Waals surface area contributed by atoms with Gasteiger partial charge in [-0.2, -0.15) is 4.72 Å². The Morgan fingerprint density at radius 3 is 2.29 bits per heavy atom. The number of nitro groups is 1. The Labute approximate surface area is 179 Å². The molecule has 0 aromatic heterocycles. The van der Waals surface area contributed by atoms with Crippen LogP contribution in [0, 0.1) is 10.1 Å². The second-order valence-corrected chi connectivity index (χ2v) is 8.44. The van der Waals surface area contributed by atoms with Crippen LogP contribution in [0.1, 0.15) is 5.56 Å². The summed E-state index contributed by atoms with van der Waals surface area (Å²) >= 11 is 0. The monoisotopic (exact) mass is 440 g/mol. The summed E-state index contributed by atoms with van der Waals surface area (Å²) < 4.78 is 33.1. The molecule has 1 unspecified atom stereocenters. The average molecular weight is 440 g/mol. The number of benzene rings is 3. The van der Waals surface area contributed by atoms with Gasteiger partial charge < -0.3 is 4.74 Å². The van der Waals surface area contributed by atoms with Crippen LogP contribution in [-0.4, -0.2) is 32.5 Å². The number of nitrogens with zero attached hydrogens (tertiary/aromatic N) is 1. The van der Waals surface area contributed by atoms with E-state index < -0.39 is 27.0 Å². The lowest BCUT2D eigenvalue weighted by Crippen LogP contribution is -2.42. The number of esters is 1. The first-order valence-corrected chi connectivity index (χ1v) is 10.8. The van der Waals surface area contributed by atoms with Gasteiger partial charge in [-0.1, -0.05) is 54.6 Å². The van der Waals surface area contributed by atoms with Crippen molar-refractivity contribution >= 4 is 21.7 Å². The number of ether oxygens (including phenoxy) is 1. The Morgan fingerprint density at radius 1 is 1.00 bits per heavy atom. The quantitative estimate of drug-likeness (QED) is 0.326. The van der Waals surface area contributed by atoms with Gasteiger partial charge in [0, 0.05) is 12.1 Å². The van der Waals surface area contributed by atoms with Crippen LogP contribution >= 0.6 is 0 Å². The van der Waals surface area contributed by atoms with Crippen LogP contribution in [-0.2, 0) is 26.0 Å². The fourth-order valence-electron chi connectivity index (χ4n) is 3.06. The second kappa shape index (κ2) is 9.50. The van der Waals surface area contributed by atoms with Gasteiger partial charge in [-0.15, -0.1) is 0 Å². The molecule has 1 atom stereocenters. The smallest absolute Gasteiger partial charge is 0.324 e. The number of nitrogens with one attached hydrogen (secondary N) is 1. The highest BCUT2D eigenvalue weighted by molar-refractivity contribution is 7.89. The van der Waals surface area contributed by atoms with E-state index in [0.717, 1.165) is 5.56 Å². The lowest BCUT2D eigenvalue weighted by molar-refractivity contribution is -0.384. The van der Waals surface area contributed by atoms with Gasteiger partial charge in [0.1, 0.15) is 6.04 Å². The molecule has 0 bridgehead atoms. The van der Waals surface area contributed by atoms with E-state index in [2.05, 4.69) is 4.72 Å². The molecule has 9 heteroatoms. The number of hydrogen-bond acceptors (Lipinski definition) is 6. The molecular weight excluding hydrogens is 420 g/mol. The molecule has 0 aliphatic heterocycles. The zero-order valence-corrected chi connectivity index (χ0v) is 17.4. The Hall–Kier alpha value is -3.56. The van der Waals surface area contributed by atoms with Crippen molar-refractivity contribution in [1.82, 2.24) is 4.72 Å². The minimum Gasteiger partial charge on any atom is -0.468 e. The van der Waals surface area contributed by atoms with Crippen LogP contribution in [0.25, 0.3) is 11.1 Å². The lowest BCUT2D eigenvalue weighted by Gasteiger charge is -2.17. The van der Waals surface area contributed by atoms with E-state index in [0.29, 0.717) is 11.1 Å². The van der Waals surface area contributed by atoms with E-state index in [-0.39, 0.29) is 17.0 Å². The van der Waals surface area contributed by atoms with Gasteiger partial charge in [0.25, 0.3) is 5.69 Å². The third-order valence-electron chi connectivity index (χ3n) is 4.60. The highest BCUT2D eigenvalue weighted by atomic mass is 32.2. The van der Waals surface area contributed by atoms with E-state index in [4.69, 9.17) is 4.74 Å². The molecule has 0 aliphatic carbocycles. The van der Waals surface area contributed by atoms with Crippen LogP contribution < -0.4 is 4.72 Å². The van der Waals surface area contributed by atoms with Gasteiger partial charge in [0.15, 0.2) is 0 Å². The number of rotatable bonds is 8. The summed E-state index contributed by atoms with van der Waals surface area (Å²) in [4.78, 5) is 22.6. The summed E-state index contributed by atoms with van der Waals surface area (Å²) in [5.74, 6) is -0.706. The van der Waals surface area contributed by atoms with Crippen molar-refractivity contribution in [1.29, 1.82) is 0 Å². The molecule has 0 amide bonds. The predicted molar refractivity (Wildman–Crippen MR) is 115 cm³/mol. The molecule has 160 valence electrons. The fraction of sp³-hybridized carbons (Fsp3) is 0.136. The topological polar surface area (TPSA) is 116 Å². The van der Waals surface area contributed by atoms with Crippen molar-refractivity contribution in [3.63, 3.8) is 0 Å². The van der Waals surface area contributed by atoms with Gasteiger partial charge in [0.05, 0.1) is 16.9 Å². The predicted octanol–water partition coefficient (Wildman–Crippen LogP) is 3.32. The summed E-state index contributed by atoms with van der Waals surface area (Å²) in [5, 5.41) is 11.0. The molecule has 31 heavy (non-hydrogen) atoms. The van der Waals surface area contributed by atoms with Crippen molar-refractivity contribution in [2.45, 2.75) is 17.4 Å². The van der Waals surface area contributed by atoms with Crippen LogP contribution in [0.5, 0.6) is 0 Å². The van der Waals surface area contributed by atoms with Crippen molar-refractivity contribution in [3.05, 3.63) is 94.5 Å². The largest absolute Gasteiger partial charge is 0.468 e. The van der Waals surface area contributed by atoms with Crippen molar-refractivity contribution < 1.29 is 22.9 Å². The highest BCUT2D eigenvalue weighted by Gasteiger charge is 2.27. The normalized spacial score (nSPS) is 12.2. The standard InChI is InChI=1S/C22H20N2O6S/c1-30-22(25)21(13-16-7-3-2-4-8-16)23-31(28,29)20-12-6-10-18(15-20)17-9-5-11-19(14-17)24(26)27/h2-12,14-15,21,23H,13H2,1H3. The SMILES string of the molecule is COC(=O)C(Cc1ccccc1)NS(=O)(=O)c1cccc(-c2cccc([N+](=O)[O-])c2)c1. The summed E-state index contributed by atoms with van der Waals surface area (Å²) in [6, 6.07) is 19.7. The molecule has 8 nitrogen and oxygen atoms in total. The molecule has 0 heterocycles. The van der Waals surface area contributed by atoms with Crippen molar-refractivity contribution in [3.8, 4) is 11.1 Å². The Morgan fingerprint density at radius 2 is 1.65 bits per heavy atom. The van der Waals surface area contributed by atoms with Crippen LogP contribution in [0.3, 0.4) is 0 Å². The number of nitro benzene ring substituents is 1. The minimum atomic E-state index is -4.08. The Balaban J connectivity index is 1.90. The molecule has 0 spiro atoms. The molecule has 3 aromatic carbocycles. The number of non-ortho nitro benzene ring substituents is 1. The number of carbonyl (C=O) groups excluding carboxylic acids is 1. The summed E-state index contributed by atoms with van der Waals surface area (Å²) in [7, 11) is -2.88. The molecule has 0 aliphatic rings. The number of carbonyl (C=O) groups is 1. The third kappa shape index (κ3) is 5.53. The fourth-order valence-corrected chi connectivity index (χ4v) is 4.29. The van der Waals surface area contributed by atoms with Gasteiger partial charge >= 0.3 is 5.97 Å². The zero-order chi connectivity index (χ0) is 22.4. The van der Waals surface area contributed by atoms with Gasteiger partial charge in [-0.05, 0) is 35.2 Å². The van der Waals surface area contributed by atoms with Crippen molar-refractivity contribution in [2.75, 3.05) is 7.11 Å². The number of sulfonamides is 1. The van der Waals surface area contributed by atoms with Crippen LogP contribution in [0.4, 0.5) is 5.69 Å². The second-order valence-electron chi connectivity index (χ2n) is 6.72. The molecule has 3 aromatic rings. The number of methoxy groups -OCH3 is 1. The number of hydrogen-bond donors (Lipinski definition) is 1. The molecular formula is C22H20N2O6S. The molecule has 0 radical (unpaired) electrons. The Kier molecular flexibility index (Phi) is 6.78. The van der Waals surface area contributed by atoms with E-state index in [1.807, 2.05) is 6.07 Å². The van der Waals surface area contributed by atoms with E-state index in [1.54, 1.807) is 36.4 Å². The maximum absolute atomic E-state index is 13.0. The maximum atomic E-state index is 13.0. The summed E-state index contributed by atoms with van der Waals surface area (Å²) in [6.45, 7) is 0. The zero-order valence-electron chi connectivity index (χ0n) is 16.6. The summed E-state index contributed by atoms with van der Waals surface area (Å²) in [6.07, 6.45) is 0.122. The van der Waals surface area contributed by atoms with E-state index in [9.17, 15) is 23.3 Å². The molecule has 0 saturated heterocycles. The van der Waals surface area contributed by atoms with Gasteiger partial charge in [-0.3, -0.25) is 14.9 Å². The van der Waals surface area contributed by atoms with E-state index in [1.165, 1.54) is 43.5 Å². The molecule has 0 fully saturated rings. The maximum Gasteiger partial charge on any atom is 0.324 e. The van der Waals surface area contributed by atoms with E-state index >= 15 is 0 Å². The molecule has 1 N–H and O–H groups in total. The lowest BCUT2D eigenvalue weighted by atomic mass is 10.1. The summed E-state index contributed by atoms with van der Waals surface area (Å²) in [5.41, 5.74) is 1.66. The third-order valence-corrected chi connectivity index (χ3v) is 6.07. The first-order chi connectivity index (χ1) is 14.8. The highest BCUT2D eigenvalue weighted by Crippen LogP contribution is 2.26. The van der Waals surface area contributed by atoms with Crippen LogP contribution in [0.15, 0.2) is 83.8 Å². The first-order valence-electron chi connectivity index (χ1n) is 9.29. The van der Waals surface area contributed by atoms with Crippen LogP contribution in [0.2, 0.25) is 0 Å². The van der Waals surface area contributed by atoms with Gasteiger partial charge in [-0.25, -0.2) is 8.42 Å². The first kappa shape index (κ1) is 22.1.